The lowest BCUT2D eigenvalue weighted by molar-refractivity contribution is 0.740. The molecule has 0 saturated carbocycles. The number of hydrogen-bond acceptors (Lipinski definition) is 3. The summed E-state index contributed by atoms with van der Waals surface area (Å²) in [5.74, 6) is 0. The molecule has 0 bridgehead atoms. The topological polar surface area (TPSA) is 43.6 Å². The van der Waals surface area contributed by atoms with E-state index in [1.165, 1.54) is 0 Å². The van der Waals surface area contributed by atoms with Crippen LogP contribution in [0.1, 0.15) is 5.69 Å². The molecule has 0 atom stereocenters. The summed E-state index contributed by atoms with van der Waals surface area (Å²) in [5.41, 5.74) is 2.62. The van der Waals surface area contributed by atoms with E-state index in [1.807, 2.05) is 14.0 Å². The highest BCUT2D eigenvalue weighted by atomic mass is 35.5. The minimum absolute atomic E-state index is 0.406. The Morgan fingerprint density at radius 1 is 1.29 bits per heavy atom. The van der Waals surface area contributed by atoms with E-state index in [0.29, 0.717) is 10.8 Å². The minimum Gasteiger partial charge on any atom is -0.272 e. The molecule has 0 N–H and O–H groups in total. The Balaban J connectivity index is 2.60. The van der Waals surface area contributed by atoms with Crippen molar-refractivity contribution in [2.24, 2.45) is 7.05 Å². The summed E-state index contributed by atoms with van der Waals surface area (Å²) < 4.78 is 1.78. The van der Waals surface area contributed by atoms with Crippen LogP contribution >= 0.6 is 11.6 Å². The zero-order chi connectivity index (χ0) is 10.1. The summed E-state index contributed by atoms with van der Waals surface area (Å²) in [6, 6.07) is 0. The van der Waals surface area contributed by atoms with Crippen molar-refractivity contribution in [1.82, 2.24) is 19.7 Å². The molecule has 0 fully saturated rings. The van der Waals surface area contributed by atoms with Crippen LogP contribution < -0.4 is 0 Å². The predicted octanol–water partition coefficient (Wildman–Crippen LogP) is 1.84. The van der Waals surface area contributed by atoms with E-state index in [-0.39, 0.29) is 0 Å². The molecule has 0 aromatic carbocycles. The molecule has 0 unspecified atom stereocenters. The van der Waals surface area contributed by atoms with Crippen molar-refractivity contribution in [3.8, 4) is 11.3 Å². The normalized spacial score (nSPS) is 10.5. The SMILES string of the molecule is Cc1c(-c2nccnc2Cl)cnn1C. The molecule has 0 aliphatic heterocycles. The zero-order valence-electron chi connectivity index (χ0n) is 7.90. The van der Waals surface area contributed by atoms with Crippen LogP contribution in [0, 0.1) is 6.92 Å². The first kappa shape index (κ1) is 9.15. The fraction of sp³-hybridized carbons (Fsp3) is 0.222. The largest absolute Gasteiger partial charge is 0.272 e. The summed E-state index contributed by atoms with van der Waals surface area (Å²) in [6.07, 6.45) is 4.93. The Kier molecular flexibility index (Phi) is 2.21. The first-order valence-corrected chi connectivity index (χ1v) is 4.53. The van der Waals surface area contributed by atoms with E-state index in [2.05, 4.69) is 15.1 Å². The second kappa shape index (κ2) is 3.38. The molecule has 2 aromatic heterocycles. The predicted molar refractivity (Wildman–Crippen MR) is 54.0 cm³/mol. The molecule has 2 heterocycles. The zero-order valence-corrected chi connectivity index (χ0v) is 8.65. The Morgan fingerprint density at radius 2 is 2.00 bits per heavy atom. The smallest absolute Gasteiger partial charge is 0.155 e. The van der Waals surface area contributed by atoms with Crippen LogP contribution in [0.25, 0.3) is 11.3 Å². The molecule has 4 nitrogen and oxygen atoms in total. The average molecular weight is 209 g/mol. The van der Waals surface area contributed by atoms with Gasteiger partial charge < -0.3 is 0 Å². The Morgan fingerprint density at radius 3 is 2.57 bits per heavy atom. The number of halogens is 1. The fourth-order valence-corrected chi connectivity index (χ4v) is 1.44. The lowest BCUT2D eigenvalue weighted by atomic mass is 10.2. The van der Waals surface area contributed by atoms with Gasteiger partial charge in [0.25, 0.3) is 0 Å². The molecular weight excluding hydrogens is 200 g/mol. The van der Waals surface area contributed by atoms with Crippen molar-refractivity contribution >= 4 is 11.6 Å². The van der Waals surface area contributed by atoms with Gasteiger partial charge in [-0.25, -0.2) is 4.98 Å². The van der Waals surface area contributed by atoms with Gasteiger partial charge in [-0.05, 0) is 6.92 Å². The van der Waals surface area contributed by atoms with Crippen molar-refractivity contribution < 1.29 is 0 Å². The molecule has 2 rings (SSSR count). The van der Waals surface area contributed by atoms with Crippen molar-refractivity contribution in [1.29, 1.82) is 0 Å². The maximum atomic E-state index is 5.93. The van der Waals surface area contributed by atoms with Gasteiger partial charge in [-0.3, -0.25) is 9.67 Å². The Bertz CT molecular complexity index is 464. The molecule has 0 radical (unpaired) electrons. The number of hydrogen-bond donors (Lipinski definition) is 0. The van der Waals surface area contributed by atoms with Crippen LogP contribution in [0.2, 0.25) is 5.15 Å². The van der Waals surface area contributed by atoms with Crippen molar-refractivity contribution in [2.75, 3.05) is 0 Å². The first-order valence-electron chi connectivity index (χ1n) is 4.15. The second-order valence-corrected chi connectivity index (χ2v) is 3.32. The quantitative estimate of drug-likeness (QED) is 0.718. The summed E-state index contributed by atoms with van der Waals surface area (Å²) >= 11 is 5.93. The highest BCUT2D eigenvalue weighted by Crippen LogP contribution is 2.25. The maximum absolute atomic E-state index is 5.93. The Labute approximate surface area is 86.6 Å². The van der Waals surface area contributed by atoms with Crippen LogP contribution in [0.15, 0.2) is 18.6 Å². The van der Waals surface area contributed by atoms with Gasteiger partial charge in [0.1, 0.15) is 5.69 Å². The fourth-order valence-electron chi connectivity index (χ4n) is 1.23. The van der Waals surface area contributed by atoms with E-state index in [1.54, 1.807) is 23.3 Å². The molecule has 2 aromatic rings. The van der Waals surface area contributed by atoms with Gasteiger partial charge in [0.15, 0.2) is 5.15 Å². The van der Waals surface area contributed by atoms with Crippen LogP contribution in [0.3, 0.4) is 0 Å². The van der Waals surface area contributed by atoms with Gasteiger partial charge in [-0.15, -0.1) is 0 Å². The molecule has 0 amide bonds. The van der Waals surface area contributed by atoms with Gasteiger partial charge >= 0.3 is 0 Å². The lowest BCUT2D eigenvalue weighted by Gasteiger charge is -2.00. The second-order valence-electron chi connectivity index (χ2n) is 2.96. The van der Waals surface area contributed by atoms with Crippen LogP contribution in [0.4, 0.5) is 0 Å². The van der Waals surface area contributed by atoms with Gasteiger partial charge in [0.05, 0.1) is 6.20 Å². The van der Waals surface area contributed by atoms with Gasteiger partial charge in [-0.1, -0.05) is 11.6 Å². The molecule has 5 heteroatoms. The van der Waals surface area contributed by atoms with Gasteiger partial charge in [0, 0.05) is 30.7 Å². The van der Waals surface area contributed by atoms with Gasteiger partial charge in [-0.2, -0.15) is 5.10 Å². The van der Waals surface area contributed by atoms with Crippen molar-refractivity contribution in [3.63, 3.8) is 0 Å². The number of aromatic nitrogens is 4. The van der Waals surface area contributed by atoms with Crippen molar-refractivity contribution in [2.45, 2.75) is 6.92 Å². The third-order valence-electron chi connectivity index (χ3n) is 2.14. The van der Waals surface area contributed by atoms with Crippen LogP contribution in [-0.4, -0.2) is 19.7 Å². The monoisotopic (exact) mass is 208 g/mol. The molecule has 14 heavy (non-hydrogen) atoms. The summed E-state index contributed by atoms with van der Waals surface area (Å²) in [6.45, 7) is 1.97. The molecule has 72 valence electrons. The van der Waals surface area contributed by atoms with Crippen LogP contribution in [0.5, 0.6) is 0 Å². The third kappa shape index (κ3) is 1.37. The molecule has 0 aliphatic carbocycles. The summed E-state index contributed by atoms with van der Waals surface area (Å²) in [4.78, 5) is 8.15. The maximum Gasteiger partial charge on any atom is 0.155 e. The average Bonchev–Trinajstić information content (AvgIpc) is 2.49. The van der Waals surface area contributed by atoms with Crippen LogP contribution in [-0.2, 0) is 7.05 Å². The third-order valence-corrected chi connectivity index (χ3v) is 2.42. The van der Waals surface area contributed by atoms with E-state index in [9.17, 15) is 0 Å². The van der Waals surface area contributed by atoms with Gasteiger partial charge in [0.2, 0.25) is 0 Å². The standard InChI is InChI=1S/C9H9ClN4/c1-6-7(5-13-14(6)2)8-9(10)12-4-3-11-8/h3-5H,1-2H3. The molecule has 0 saturated heterocycles. The lowest BCUT2D eigenvalue weighted by Crippen LogP contribution is -1.93. The molecule has 0 spiro atoms. The summed E-state index contributed by atoms with van der Waals surface area (Å²) in [5, 5.41) is 4.53. The minimum atomic E-state index is 0.406. The Hall–Kier alpha value is -1.42. The van der Waals surface area contributed by atoms with E-state index in [0.717, 1.165) is 11.3 Å². The van der Waals surface area contributed by atoms with E-state index < -0.39 is 0 Å². The van der Waals surface area contributed by atoms with E-state index >= 15 is 0 Å². The molecular formula is C9H9ClN4. The van der Waals surface area contributed by atoms with E-state index in [4.69, 9.17) is 11.6 Å². The molecule has 0 aliphatic rings. The number of nitrogens with zero attached hydrogens (tertiary/aromatic N) is 4. The summed E-state index contributed by atoms with van der Waals surface area (Å²) in [7, 11) is 1.88. The van der Waals surface area contributed by atoms with Crippen molar-refractivity contribution in [3.05, 3.63) is 29.4 Å². The highest BCUT2D eigenvalue weighted by molar-refractivity contribution is 6.31. The number of aryl methyl sites for hydroxylation is 1. The highest BCUT2D eigenvalue weighted by Gasteiger charge is 2.11. The first-order chi connectivity index (χ1) is 6.70. The number of rotatable bonds is 1.